The van der Waals surface area contributed by atoms with Crippen LogP contribution in [0.15, 0.2) is 23.8 Å². The van der Waals surface area contributed by atoms with Gasteiger partial charge in [-0.25, -0.2) is 8.78 Å². The van der Waals surface area contributed by atoms with Crippen molar-refractivity contribution in [3.8, 4) is 0 Å². The van der Waals surface area contributed by atoms with Crippen LogP contribution in [0.3, 0.4) is 0 Å². The second-order valence-corrected chi connectivity index (χ2v) is 11.9. The first-order valence-corrected chi connectivity index (χ1v) is 12.8. The molecular formula is C26H32F2O6S. The van der Waals surface area contributed by atoms with E-state index in [1.54, 1.807) is 13.8 Å². The Morgan fingerprint density at radius 2 is 1.97 bits per heavy atom. The van der Waals surface area contributed by atoms with Crippen LogP contribution in [0.5, 0.6) is 0 Å². The summed E-state index contributed by atoms with van der Waals surface area (Å²) >= 11 is 4.16. The number of ether oxygens (including phenoxy) is 2. The lowest BCUT2D eigenvalue weighted by Gasteiger charge is -2.63. The number of halogens is 2. The van der Waals surface area contributed by atoms with Crippen LogP contribution in [0.25, 0.3) is 0 Å². The van der Waals surface area contributed by atoms with Crippen molar-refractivity contribution < 1.29 is 37.7 Å². The van der Waals surface area contributed by atoms with Crippen molar-refractivity contribution >= 4 is 29.5 Å². The van der Waals surface area contributed by atoms with E-state index in [2.05, 4.69) is 12.6 Å². The molecule has 6 unspecified atom stereocenters. The lowest BCUT2D eigenvalue weighted by atomic mass is 9.44. The van der Waals surface area contributed by atoms with Crippen LogP contribution in [0, 0.1) is 34.5 Å². The van der Waals surface area contributed by atoms with E-state index in [9.17, 15) is 19.5 Å². The summed E-state index contributed by atoms with van der Waals surface area (Å²) < 4.78 is 44.2. The number of fused-ring (bicyclic) bond motifs is 5. The number of thiol groups is 1. The van der Waals surface area contributed by atoms with Gasteiger partial charge in [-0.2, -0.15) is 0 Å². The Morgan fingerprint density at radius 3 is 2.60 bits per heavy atom. The average molecular weight is 511 g/mol. The second-order valence-electron chi connectivity index (χ2n) is 11.5. The number of hydrogen-bond donors (Lipinski definition) is 2. The third-order valence-electron chi connectivity index (χ3n) is 10.0. The zero-order valence-corrected chi connectivity index (χ0v) is 21.0. The number of carbonyl (C=O) groups excluding carboxylic acids is 3. The Balaban J connectivity index is 1.60. The lowest BCUT2D eigenvalue weighted by molar-refractivity contribution is -0.229. The molecule has 9 heteroatoms. The molecule has 1 saturated heterocycles. The smallest absolute Gasteiger partial charge is 0.312 e. The minimum absolute atomic E-state index is 0.0432. The maximum atomic E-state index is 17.3. The quantitative estimate of drug-likeness (QED) is 0.447. The summed E-state index contributed by atoms with van der Waals surface area (Å²) in [6.07, 6.45) is 0.978. The molecule has 5 rings (SSSR count). The third-order valence-corrected chi connectivity index (χ3v) is 10.3. The molecule has 0 bridgehead atoms. The molecule has 4 fully saturated rings. The molecule has 0 aromatic heterocycles. The Labute approximate surface area is 208 Å². The number of rotatable bonds is 3. The minimum Gasteiger partial charge on any atom is -0.449 e. The molecule has 0 aromatic carbocycles. The van der Waals surface area contributed by atoms with Crippen molar-refractivity contribution in [2.45, 2.75) is 70.0 Å². The predicted molar refractivity (Wildman–Crippen MR) is 125 cm³/mol. The SMILES string of the molecule is CC1C[C@H]2[C@@H]3CC(F)C4=CC(=O)C=C[C@]4(C)C3(F)C(O)C[C@]2(C)C1(OC(=O)C1CCOC1)C(=O)S. The zero-order chi connectivity index (χ0) is 25.6. The molecule has 1 aliphatic heterocycles. The molecule has 192 valence electrons. The molecule has 1 N–H and O–H groups in total. The third kappa shape index (κ3) is 3.04. The fourth-order valence-electron chi connectivity index (χ4n) is 8.20. The summed E-state index contributed by atoms with van der Waals surface area (Å²) in [5.41, 5.74) is -6.58. The molecule has 0 aromatic rings. The number of carbonyl (C=O) groups is 3. The molecule has 10 atom stereocenters. The number of hydrogen-bond acceptors (Lipinski definition) is 6. The molecule has 1 heterocycles. The Morgan fingerprint density at radius 1 is 1.26 bits per heavy atom. The van der Waals surface area contributed by atoms with E-state index in [1.165, 1.54) is 19.1 Å². The van der Waals surface area contributed by atoms with Crippen molar-refractivity contribution in [2.24, 2.45) is 34.5 Å². The minimum atomic E-state index is -2.26. The monoisotopic (exact) mass is 510 g/mol. The van der Waals surface area contributed by atoms with Crippen molar-refractivity contribution in [1.29, 1.82) is 0 Å². The van der Waals surface area contributed by atoms with Gasteiger partial charge in [0.05, 0.1) is 18.6 Å². The maximum Gasteiger partial charge on any atom is 0.312 e. The van der Waals surface area contributed by atoms with Gasteiger partial charge in [0.25, 0.3) is 0 Å². The Kier molecular flexibility index (Phi) is 5.70. The molecule has 0 spiro atoms. The van der Waals surface area contributed by atoms with Crippen molar-refractivity contribution in [1.82, 2.24) is 0 Å². The maximum absolute atomic E-state index is 17.3. The van der Waals surface area contributed by atoms with Gasteiger partial charge in [0, 0.05) is 29.3 Å². The molecular weight excluding hydrogens is 478 g/mol. The standard InChI is InChI=1S/C26H32F2O6S/c1-13-8-16-17-10-19(27)18-9-15(29)4-6-23(18,2)25(17,28)20(30)11-24(16,3)26(13,22(32)35)34-21(31)14-5-7-33-12-14/h4,6,9,13-14,16-17,19-20,30H,5,7-8,10-12H2,1-3H3,(H,32,35)/t13?,14?,16-,17-,19?,20?,23-,24-,25?,26?/m0/s1. The molecule has 35 heavy (non-hydrogen) atoms. The van der Waals surface area contributed by atoms with Gasteiger partial charge in [-0.15, -0.1) is 12.6 Å². The van der Waals surface area contributed by atoms with E-state index in [1.807, 2.05) is 0 Å². The summed E-state index contributed by atoms with van der Waals surface area (Å²) in [4.78, 5) is 38.2. The van der Waals surface area contributed by atoms with Gasteiger partial charge in [-0.3, -0.25) is 14.4 Å². The molecule has 4 aliphatic carbocycles. The van der Waals surface area contributed by atoms with Crippen LogP contribution in [-0.4, -0.2) is 58.7 Å². The molecule has 0 amide bonds. The van der Waals surface area contributed by atoms with Crippen LogP contribution in [-0.2, 0) is 23.9 Å². The fourth-order valence-corrected chi connectivity index (χ4v) is 8.72. The first-order valence-electron chi connectivity index (χ1n) is 12.3. The van der Waals surface area contributed by atoms with E-state index < -0.39 is 74.9 Å². The van der Waals surface area contributed by atoms with Gasteiger partial charge < -0.3 is 14.6 Å². The van der Waals surface area contributed by atoms with E-state index >= 15 is 8.78 Å². The Bertz CT molecular complexity index is 1040. The highest BCUT2D eigenvalue weighted by molar-refractivity contribution is 7.96. The first kappa shape index (κ1) is 25.1. The van der Waals surface area contributed by atoms with E-state index in [-0.39, 0.29) is 25.0 Å². The van der Waals surface area contributed by atoms with Gasteiger partial charge in [0.1, 0.15) is 6.17 Å². The van der Waals surface area contributed by atoms with Crippen LogP contribution in [0.1, 0.15) is 46.5 Å². The summed E-state index contributed by atoms with van der Waals surface area (Å²) in [5.74, 6) is -3.52. The largest absolute Gasteiger partial charge is 0.449 e. The normalized spacial score (nSPS) is 50.7. The van der Waals surface area contributed by atoms with Crippen molar-refractivity contribution in [3.63, 3.8) is 0 Å². The van der Waals surface area contributed by atoms with Crippen LogP contribution >= 0.6 is 12.6 Å². The summed E-state index contributed by atoms with van der Waals surface area (Å²) in [7, 11) is 0. The highest BCUT2D eigenvalue weighted by Gasteiger charge is 2.78. The van der Waals surface area contributed by atoms with Gasteiger partial charge in [-0.05, 0) is 56.3 Å². The van der Waals surface area contributed by atoms with Crippen LogP contribution < -0.4 is 0 Å². The Hall–Kier alpha value is -1.58. The average Bonchev–Trinajstić information content (AvgIpc) is 3.39. The number of ketones is 1. The summed E-state index contributed by atoms with van der Waals surface area (Å²) in [5, 5.41) is 10.8. The van der Waals surface area contributed by atoms with E-state index in [4.69, 9.17) is 9.47 Å². The predicted octanol–water partition coefficient (Wildman–Crippen LogP) is 3.33. The number of aliphatic hydroxyl groups excluding tert-OH is 1. The van der Waals surface area contributed by atoms with Gasteiger partial charge in [0.15, 0.2) is 17.1 Å². The summed E-state index contributed by atoms with van der Waals surface area (Å²) in [6, 6.07) is 0. The highest BCUT2D eigenvalue weighted by atomic mass is 32.1. The fraction of sp³-hybridized carbons (Fsp3) is 0.731. The zero-order valence-electron chi connectivity index (χ0n) is 20.1. The molecule has 6 nitrogen and oxygen atoms in total. The van der Waals surface area contributed by atoms with Gasteiger partial charge >= 0.3 is 5.97 Å². The van der Waals surface area contributed by atoms with Gasteiger partial charge in [-0.1, -0.05) is 19.9 Å². The molecule has 3 saturated carbocycles. The number of aliphatic hydroxyl groups is 1. The van der Waals surface area contributed by atoms with E-state index in [0.29, 0.717) is 19.4 Å². The molecule has 0 radical (unpaired) electrons. The second kappa shape index (κ2) is 7.96. The summed E-state index contributed by atoms with van der Waals surface area (Å²) in [6.45, 7) is 5.65. The molecule has 5 aliphatic rings. The first-order chi connectivity index (χ1) is 16.3. The van der Waals surface area contributed by atoms with Crippen molar-refractivity contribution in [2.75, 3.05) is 13.2 Å². The topological polar surface area (TPSA) is 89.9 Å². The highest BCUT2D eigenvalue weighted by Crippen LogP contribution is 2.71. The lowest BCUT2D eigenvalue weighted by Crippen LogP contribution is -2.70. The number of alkyl halides is 2. The van der Waals surface area contributed by atoms with Gasteiger partial charge in [0.2, 0.25) is 5.12 Å². The van der Waals surface area contributed by atoms with Crippen LogP contribution in [0.4, 0.5) is 8.78 Å². The number of esters is 1. The van der Waals surface area contributed by atoms with Crippen molar-refractivity contribution in [3.05, 3.63) is 23.8 Å². The van der Waals surface area contributed by atoms with E-state index in [0.717, 1.165) is 6.08 Å². The number of allylic oxidation sites excluding steroid dienone is 4. The van der Waals surface area contributed by atoms with Crippen LogP contribution in [0.2, 0.25) is 0 Å².